The summed E-state index contributed by atoms with van der Waals surface area (Å²) in [5.41, 5.74) is 1.23. The lowest BCUT2D eigenvalue weighted by molar-refractivity contribution is 0.0643. The summed E-state index contributed by atoms with van der Waals surface area (Å²) < 4.78 is 0. The minimum absolute atomic E-state index is 0.160. The predicted octanol–water partition coefficient (Wildman–Crippen LogP) is 2.45. The lowest BCUT2D eigenvalue weighted by Gasteiger charge is -2.34. The monoisotopic (exact) mass is 316 g/mol. The van der Waals surface area contributed by atoms with Crippen LogP contribution in [0.25, 0.3) is 0 Å². The third kappa shape index (κ3) is 3.67. The molecule has 3 rings (SSSR count). The van der Waals surface area contributed by atoms with Gasteiger partial charge in [0.25, 0.3) is 5.91 Å². The van der Waals surface area contributed by atoms with Gasteiger partial charge in [0.2, 0.25) is 0 Å². The maximum Gasteiger partial charge on any atom is 0.264 e. The molecule has 22 heavy (non-hydrogen) atoms. The Bertz CT molecular complexity index is 602. The average molecular weight is 316 g/mol. The SMILES string of the molecule is O=C(c1cccs1)N1CCN(CCc2ccc(O)cc2)CC1. The van der Waals surface area contributed by atoms with Gasteiger partial charge in [-0.2, -0.15) is 0 Å². The van der Waals surface area contributed by atoms with Crippen molar-refractivity contribution in [2.45, 2.75) is 6.42 Å². The standard InChI is InChI=1S/C17H20N2O2S/c20-15-5-3-14(4-6-15)7-8-18-9-11-19(12-10-18)17(21)16-2-1-13-22-16/h1-6,13,20H,7-12H2. The molecule has 1 fully saturated rings. The molecule has 1 amide bonds. The molecule has 0 saturated carbocycles. The van der Waals surface area contributed by atoms with Crippen LogP contribution in [0.5, 0.6) is 5.75 Å². The lowest BCUT2D eigenvalue weighted by atomic mass is 10.1. The Kier molecular flexibility index (Phi) is 4.75. The zero-order valence-corrected chi connectivity index (χ0v) is 13.3. The fourth-order valence-corrected chi connectivity index (χ4v) is 3.37. The highest BCUT2D eigenvalue weighted by atomic mass is 32.1. The first-order chi connectivity index (χ1) is 10.7. The summed E-state index contributed by atoms with van der Waals surface area (Å²) in [6, 6.07) is 11.2. The van der Waals surface area contributed by atoms with E-state index in [1.807, 2.05) is 34.5 Å². The highest BCUT2D eigenvalue weighted by Gasteiger charge is 2.22. The smallest absolute Gasteiger partial charge is 0.264 e. The fraction of sp³-hybridized carbons (Fsp3) is 0.353. The molecule has 1 aliphatic rings. The number of carbonyl (C=O) groups is 1. The first-order valence-corrected chi connectivity index (χ1v) is 8.43. The number of phenolic OH excluding ortho intramolecular Hbond substituents is 1. The molecule has 0 unspecified atom stereocenters. The van der Waals surface area contributed by atoms with E-state index in [-0.39, 0.29) is 5.91 Å². The number of hydrogen-bond donors (Lipinski definition) is 1. The van der Waals surface area contributed by atoms with Crippen LogP contribution in [0.2, 0.25) is 0 Å². The second-order valence-corrected chi connectivity index (χ2v) is 6.48. The van der Waals surface area contributed by atoms with Crippen LogP contribution >= 0.6 is 11.3 Å². The molecule has 1 N–H and O–H groups in total. The van der Waals surface area contributed by atoms with Crippen molar-refractivity contribution in [3.8, 4) is 5.75 Å². The third-order valence-electron chi connectivity index (χ3n) is 4.04. The molecule has 0 aliphatic carbocycles. The number of nitrogens with zero attached hydrogens (tertiary/aromatic N) is 2. The van der Waals surface area contributed by atoms with Crippen molar-refractivity contribution in [2.24, 2.45) is 0 Å². The van der Waals surface area contributed by atoms with E-state index in [0.717, 1.165) is 44.0 Å². The minimum Gasteiger partial charge on any atom is -0.508 e. The van der Waals surface area contributed by atoms with Gasteiger partial charge in [0, 0.05) is 32.7 Å². The van der Waals surface area contributed by atoms with E-state index in [0.29, 0.717) is 5.75 Å². The molecule has 4 nitrogen and oxygen atoms in total. The molecule has 1 aliphatic heterocycles. The molecule has 1 aromatic heterocycles. The van der Waals surface area contributed by atoms with E-state index in [4.69, 9.17) is 0 Å². The van der Waals surface area contributed by atoms with E-state index in [2.05, 4.69) is 4.90 Å². The molecule has 0 atom stereocenters. The quantitative estimate of drug-likeness (QED) is 0.942. The Balaban J connectivity index is 1.45. The molecular formula is C17H20N2O2S. The van der Waals surface area contributed by atoms with Crippen LogP contribution in [0.15, 0.2) is 41.8 Å². The molecule has 116 valence electrons. The molecule has 0 spiro atoms. The summed E-state index contributed by atoms with van der Waals surface area (Å²) >= 11 is 1.51. The minimum atomic E-state index is 0.160. The summed E-state index contributed by atoms with van der Waals surface area (Å²) in [6.45, 7) is 4.44. The topological polar surface area (TPSA) is 43.8 Å². The van der Waals surface area contributed by atoms with Crippen molar-refractivity contribution in [3.05, 3.63) is 52.2 Å². The number of thiophene rings is 1. The number of aromatic hydroxyl groups is 1. The molecule has 2 aromatic rings. The van der Waals surface area contributed by atoms with Crippen molar-refractivity contribution in [2.75, 3.05) is 32.7 Å². The highest BCUT2D eigenvalue weighted by molar-refractivity contribution is 7.12. The van der Waals surface area contributed by atoms with Crippen molar-refractivity contribution >= 4 is 17.2 Å². The molecule has 0 radical (unpaired) electrons. The van der Waals surface area contributed by atoms with Crippen LogP contribution in [-0.4, -0.2) is 53.5 Å². The second kappa shape index (κ2) is 6.94. The summed E-state index contributed by atoms with van der Waals surface area (Å²) in [6.07, 6.45) is 0.971. The van der Waals surface area contributed by atoms with Gasteiger partial charge in [0.05, 0.1) is 4.88 Å². The van der Waals surface area contributed by atoms with Crippen LogP contribution in [-0.2, 0) is 6.42 Å². The first-order valence-electron chi connectivity index (χ1n) is 7.55. The van der Waals surface area contributed by atoms with Crippen molar-refractivity contribution in [3.63, 3.8) is 0 Å². The molecule has 2 heterocycles. The van der Waals surface area contributed by atoms with Gasteiger partial charge in [-0.05, 0) is 35.6 Å². The van der Waals surface area contributed by atoms with E-state index >= 15 is 0 Å². The molecule has 0 bridgehead atoms. The number of carbonyl (C=O) groups excluding carboxylic acids is 1. The van der Waals surface area contributed by atoms with Gasteiger partial charge in [-0.25, -0.2) is 0 Å². The van der Waals surface area contributed by atoms with Crippen LogP contribution in [0.1, 0.15) is 15.2 Å². The number of amides is 1. The van der Waals surface area contributed by atoms with E-state index in [1.54, 1.807) is 12.1 Å². The fourth-order valence-electron chi connectivity index (χ4n) is 2.68. The van der Waals surface area contributed by atoms with E-state index < -0.39 is 0 Å². The first kappa shape index (κ1) is 15.1. The third-order valence-corrected chi connectivity index (χ3v) is 4.90. The molecule has 5 heteroatoms. The lowest BCUT2D eigenvalue weighted by Crippen LogP contribution is -2.48. The normalized spacial score (nSPS) is 15.9. The Labute approximate surface area is 134 Å². The summed E-state index contributed by atoms with van der Waals surface area (Å²) in [5.74, 6) is 0.470. The van der Waals surface area contributed by atoms with Crippen LogP contribution in [0.4, 0.5) is 0 Å². The molecule has 1 aromatic carbocycles. The number of phenols is 1. The number of piperazine rings is 1. The predicted molar refractivity (Wildman–Crippen MR) is 88.5 cm³/mol. The Morgan fingerprint density at radius 3 is 2.45 bits per heavy atom. The summed E-state index contributed by atoms with van der Waals surface area (Å²) in [7, 11) is 0. The Hall–Kier alpha value is -1.85. The maximum absolute atomic E-state index is 12.3. The van der Waals surface area contributed by atoms with Gasteiger partial charge in [-0.3, -0.25) is 9.69 Å². The van der Waals surface area contributed by atoms with Gasteiger partial charge in [-0.1, -0.05) is 18.2 Å². The highest BCUT2D eigenvalue weighted by Crippen LogP contribution is 2.15. The van der Waals surface area contributed by atoms with E-state index in [9.17, 15) is 9.90 Å². The maximum atomic E-state index is 12.3. The van der Waals surface area contributed by atoms with Gasteiger partial charge >= 0.3 is 0 Å². The number of hydrogen-bond acceptors (Lipinski definition) is 4. The molecule has 1 saturated heterocycles. The van der Waals surface area contributed by atoms with Crippen LogP contribution in [0.3, 0.4) is 0 Å². The zero-order valence-electron chi connectivity index (χ0n) is 12.4. The largest absolute Gasteiger partial charge is 0.508 e. The molecular weight excluding hydrogens is 296 g/mol. The van der Waals surface area contributed by atoms with Crippen LogP contribution < -0.4 is 0 Å². The van der Waals surface area contributed by atoms with Gasteiger partial charge in [0.1, 0.15) is 5.75 Å². The average Bonchev–Trinajstić information content (AvgIpc) is 3.09. The zero-order chi connectivity index (χ0) is 15.4. The number of rotatable bonds is 4. The summed E-state index contributed by atoms with van der Waals surface area (Å²) in [5, 5.41) is 11.2. The number of benzene rings is 1. The van der Waals surface area contributed by atoms with Gasteiger partial charge in [0.15, 0.2) is 0 Å². The van der Waals surface area contributed by atoms with Crippen molar-refractivity contribution in [1.82, 2.24) is 9.80 Å². The summed E-state index contributed by atoms with van der Waals surface area (Å²) in [4.78, 5) is 17.4. The Morgan fingerprint density at radius 2 is 1.82 bits per heavy atom. The Morgan fingerprint density at radius 1 is 1.09 bits per heavy atom. The van der Waals surface area contributed by atoms with E-state index in [1.165, 1.54) is 16.9 Å². The van der Waals surface area contributed by atoms with Crippen molar-refractivity contribution < 1.29 is 9.90 Å². The van der Waals surface area contributed by atoms with Crippen LogP contribution in [0, 0.1) is 0 Å². The second-order valence-electron chi connectivity index (χ2n) is 5.53. The van der Waals surface area contributed by atoms with Gasteiger partial charge in [-0.15, -0.1) is 11.3 Å². The van der Waals surface area contributed by atoms with Crippen molar-refractivity contribution in [1.29, 1.82) is 0 Å². The van der Waals surface area contributed by atoms with Gasteiger partial charge < -0.3 is 10.0 Å².